The molecule has 1 N–H and O–H groups in total. The van der Waals surface area contributed by atoms with Crippen LogP contribution in [0.1, 0.15) is 12.1 Å². The quantitative estimate of drug-likeness (QED) is 0.826. The number of anilines is 1. The molecule has 0 aliphatic carbocycles. The van der Waals surface area contributed by atoms with Gasteiger partial charge in [-0.25, -0.2) is 0 Å². The first-order valence-corrected chi connectivity index (χ1v) is 6.44. The van der Waals surface area contributed by atoms with Crippen LogP contribution in [-0.4, -0.2) is 34.7 Å². The van der Waals surface area contributed by atoms with E-state index in [1.54, 1.807) is 6.20 Å². The van der Waals surface area contributed by atoms with Crippen LogP contribution >= 0.6 is 11.8 Å². The summed E-state index contributed by atoms with van der Waals surface area (Å²) in [4.78, 5) is 6.47. The molecule has 4 heteroatoms. The van der Waals surface area contributed by atoms with Crippen LogP contribution < -0.4 is 4.90 Å². The van der Waals surface area contributed by atoms with E-state index in [4.69, 9.17) is 5.11 Å². The Balaban J connectivity index is 2.12. The van der Waals surface area contributed by atoms with Gasteiger partial charge in [-0.3, -0.25) is 4.98 Å². The van der Waals surface area contributed by atoms with Crippen molar-refractivity contribution in [3.63, 3.8) is 0 Å². The van der Waals surface area contributed by atoms with Crippen LogP contribution in [0.4, 0.5) is 5.69 Å². The Labute approximate surface area is 94.5 Å². The largest absolute Gasteiger partial charge is 0.390 e. The number of hydrogen-bond acceptors (Lipinski definition) is 4. The number of aromatic nitrogens is 1. The highest BCUT2D eigenvalue weighted by atomic mass is 32.2. The van der Waals surface area contributed by atoms with Gasteiger partial charge in [-0.1, -0.05) is 0 Å². The maximum Gasteiger partial charge on any atom is 0.0853 e. The zero-order valence-electron chi connectivity index (χ0n) is 8.72. The number of aliphatic hydroxyl groups excluding tert-OH is 1. The maximum absolute atomic E-state index is 9.03. The van der Waals surface area contributed by atoms with E-state index in [1.165, 1.54) is 23.6 Å². The van der Waals surface area contributed by atoms with Gasteiger partial charge in [-0.2, -0.15) is 11.8 Å². The summed E-state index contributed by atoms with van der Waals surface area (Å²) in [6.45, 7) is 2.23. The molecule has 1 aliphatic rings. The predicted molar refractivity (Wildman–Crippen MR) is 64.3 cm³/mol. The SMILES string of the molecule is OCc1cc(N2CCCSCC2)ccn1. The van der Waals surface area contributed by atoms with Gasteiger partial charge in [0.05, 0.1) is 12.3 Å². The first-order chi connectivity index (χ1) is 7.40. The lowest BCUT2D eigenvalue weighted by Crippen LogP contribution is -2.25. The highest BCUT2D eigenvalue weighted by molar-refractivity contribution is 7.99. The van der Waals surface area contributed by atoms with Crippen LogP contribution in [0.2, 0.25) is 0 Å². The molecule has 0 saturated carbocycles. The van der Waals surface area contributed by atoms with Crippen LogP contribution in [0.3, 0.4) is 0 Å². The smallest absolute Gasteiger partial charge is 0.0853 e. The molecule has 1 fully saturated rings. The summed E-state index contributed by atoms with van der Waals surface area (Å²) in [5, 5.41) is 9.03. The number of nitrogens with zero attached hydrogens (tertiary/aromatic N) is 2. The maximum atomic E-state index is 9.03. The molecule has 2 heterocycles. The Morgan fingerprint density at radius 3 is 3.20 bits per heavy atom. The second-order valence-electron chi connectivity index (χ2n) is 3.62. The first-order valence-electron chi connectivity index (χ1n) is 5.28. The van der Waals surface area contributed by atoms with Gasteiger partial charge in [-0.15, -0.1) is 0 Å². The van der Waals surface area contributed by atoms with E-state index < -0.39 is 0 Å². The van der Waals surface area contributed by atoms with Gasteiger partial charge in [0, 0.05) is 30.7 Å². The highest BCUT2D eigenvalue weighted by Crippen LogP contribution is 2.19. The fourth-order valence-electron chi connectivity index (χ4n) is 1.75. The molecule has 1 saturated heterocycles. The minimum atomic E-state index is 0.0242. The Bertz CT molecular complexity index is 311. The topological polar surface area (TPSA) is 36.4 Å². The summed E-state index contributed by atoms with van der Waals surface area (Å²) in [7, 11) is 0. The highest BCUT2D eigenvalue weighted by Gasteiger charge is 2.10. The molecule has 0 unspecified atom stereocenters. The summed E-state index contributed by atoms with van der Waals surface area (Å²) in [6.07, 6.45) is 3.01. The molecule has 0 bridgehead atoms. The molecule has 0 radical (unpaired) electrons. The Hall–Kier alpha value is -0.740. The lowest BCUT2D eigenvalue weighted by molar-refractivity contribution is 0.277. The van der Waals surface area contributed by atoms with Gasteiger partial charge < -0.3 is 10.0 Å². The van der Waals surface area contributed by atoms with Gasteiger partial charge >= 0.3 is 0 Å². The van der Waals surface area contributed by atoms with E-state index in [-0.39, 0.29) is 6.61 Å². The summed E-state index contributed by atoms with van der Waals surface area (Å²) in [5.41, 5.74) is 1.95. The fraction of sp³-hybridized carbons (Fsp3) is 0.545. The van der Waals surface area contributed by atoms with E-state index in [0.717, 1.165) is 18.8 Å². The van der Waals surface area contributed by atoms with Crippen molar-refractivity contribution in [2.45, 2.75) is 13.0 Å². The first kappa shape index (κ1) is 10.8. The predicted octanol–water partition coefficient (Wildman–Crippen LogP) is 1.52. The van der Waals surface area contributed by atoms with Crippen LogP contribution in [0.5, 0.6) is 0 Å². The number of thioether (sulfide) groups is 1. The van der Waals surface area contributed by atoms with Crippen molar-refractivity contribution in [3.05, 3.63) is 24.0 Å². The fourth-order valence-corrected chi connectivity index (χ4v) is 2.64. The number of hydrogen-bond donors (Lipinski definition) is 1. The van der Waals surface area contributed by atoms with E-state index in [9.17, 15) is 0 Å². The van der Waals surface area contributed by atoms with Crippen molar-refractivity contribution in [2.24, 2.45) is 0 Å². The van der Waals surface area contributed by atoms with E-state index >= 15 is 0 Å². The minimum absolute atomic E-state index is 0.0242. The van der Waals surface area contributed by atoms with Crippen molar-refractivity contribution >= 4 is 17.4 Å². The summed E-state index contributed by atoms with van der Waals surface area (Å²) < 4.78 is 0. The molecular weight excluding hydrogens is 208 g/mol. The van der Waals surface area contributed by atoms with Gasteiger partial charge in [0.25, 0.3) is 0 Å². The number of pyridine rings is 1. The zero-order valence-corrected chi connectivity index (χ0v) is 9.54. The molecule has 2 rings (SSSR count). The standard InChI is InChI=1S/C11H16N2OS/c14-9-10-8-11(2-3-12-10)13-4-1-6-15-7-5-13/h2-3,8,14H,1,4-7,9H2. The van der Waals surface area contributed by atoms with Gasteiger partial charge in [0.1, 0.15) is 0 Å². The van der Waals surface area contributed by atoms with Crippen LogP contribution in [0.15, 0.2) is 18.3 Å². The molecule has 0 amide bonds. The summed E-state index contributed by atoms with van der Waals surface area (Å²) in [6, 6.07) is 4.01. The Kier molecular flexibility index (Phi) is 3.86. The van der Waals surface area contributed by atoms with Crippen LogP contribution in [-0.2, 0) is 6.61 Å². The van der Waals surface area contributed by atoms with Crippen molar-refractivity contribution in [1.82, 2.24) is 4.98 Å². The molecule has 82 valence electrons. The molecule has 1 aromatic heterocycles. The second kappa shape index (κ2) is 5.37. The normalized spacial score (nSPS) is 17.5. The van der Waals surface area contributed by atoms with E-state index in [1.807, 2.05) is 23.9 Å². The summed E-state index contributed by atoms with van der Waals surface area (Å²) >= 11 is 2.02. The van der Waals surface area contributed by atoms with Crippen molar-refractivity contribution in [3.8, 4) is 0 Å². The van der Waals surface area contributed by atoms with Crippen molar-refractivity contribution < 1.29 is 5.11 Å². The average molecular weight is 224 g/mol. The lowest BCUT2D eigenvalue weighted by atomic mass is 10.3. The third kappa shape index (κ3) is 2.86. The Morgan fingerprint density at radius 1 is 1.40 bits per heavy atom. The minimum Gasteiger partial charge on any atom is -0.390 e. The van der Waals surface area contributed by atoms with E-state index in [2.05, 4.69) is 9.88 Å². The van der Waals surface area contributed by atoms with Gasteiger partial charge in [0.15, 0.2) is 0 Å². The third-order valence-corrected chi connectivity index (χ3v) is 3.60. The summed E-state index contributed by atoms with van der Waals surface area (Å²) in [5.74, 6) is 2.45. The number of rotatable bonds is 2. The molecule has 1 aromatic rings. The average Bonchev–Trinajstić information content (AvgIpc) is 2.58. The van der Waals surface area contributed by atoms with Crippen LogP contribution in [0, 0.1) is 0 Å². The molecule has 3 nitrogen and oxygen atoms in total. The second-order valence-corrected chi connectivity index (χ2v) is 4.84. The zero-order chi connectivity index (χ0) is 10.5. The molecule has 15 heavy (non-hydrogen) atoms. The monoisotopic (exact) mass is 224 g/mol. The molecule has 0 aromatic carbocycles. The Morgan fingerprint density at radius 2 is 2.33 bits per heavy atom. The van der Waals surface area contributed by atoms with Gasteiger partial charge in [0.2, 0.25) is 0 Å². The van der Waals surface area contributed by atoms with Crippen molar-refractivity contribution in [2.75, 3.05) is 29.5 Å². The lowest BCUT2D eigenvalue weighted by Gasteiger charge is -2.22. The van der Waals surface area contributed by atoms with Crippen LogP contribution in [0.25, 0.3) is 0 Å². The molecule has 0 spiro atoms. The molecular formula is C11H16N2OS. The number of aliphatic hydroxyl groups is 1. The van der Waals surface area contributed by atoms with Gasteiger partial charge in [-0.05, 0) is 24.3 Å². The molecule has 1 aliphatic heterocycles. The molecule has 0 atom stereocenters. The third-order valence-electron chi connectivity index (χ3n) is 2.55. The van der Waals surface area contributed by atoms with E-state index in [0.29, 0.717) is 0 Å². The van der Waals surface area contributed by atoms with Crippen molar-refractivity contribution in [1.29, 1.82) is 0 Å².